The third kappa shape index (κ3) is 3.20. The topological polar surface area (TPSA) is 45.8 Å². The number of fused-ring (bicyclic) bond motifs is 1. The number of carbonyl (C=O) groups is 1. The van der Waals surface area contributed by atoms with Crippen molar-refractivity contribution < 1.29 is 4.79 Å². The fraction of sp³-hybridized carbons (Fsp3) is 0.0625. The van der Waals surface area contributed by atoms with Gasteiger partial charge in [-0.3, -0.25) is 4.79 Å². The van der Waals surface area contributed by atoms with Crippen LogP contribution in [0, 0.1) is 4.64 Å². The Kier molecular flexibility index (Phi) is 4.13. The van der Waals surface area contributed by atoms with Gasteiger partial charge in [-0.1, -0.05) is 66.4 Å². The number of nitrogens with one attached hydrogen (secondary N) is 1. The van der Waals surface area contributed by atoms with E-state index in [1.807, 2.05) is 54.6 Å². The number of rotatable bonds is 4. The molecule has 0 spiro atoms. The van der Waals surface area contributed by atoms with E-state index in [0.717, 1.165) is 11.0 Å². The largest absolute Gasteiger partial charge is 0.343 e. The maximum absolute atomic E-state index is 12.1. The number of thioether (sulfide) groups is 1. The van der Waals surface area contributed by atoms with Gasteiger partial charge in [0.25, 0.3) is 0 Å². The molecule has 0 aliphatic rings. The van der Waals surface area contributed by atoms with Crippen LogP contribution in [0.25, 0.3) is 11.0 Å². The first kappa shape index (κ1) is 14.0. The van der Waals surface area contributed by atoms with Crippen LogP contribution in [-0.4, -0.2) is 21.5 Å². The first-order valence-electron chi connectivity index (χ1n) is 6.44. The van der Waals surface area contributed by atoms with Crippen molar-refractivity contribution in [2.75, 3.05) is 5.75 Å². The summed E-state index contributed by atoms with van der Waals surface area (Å²) in [6.45, 7) is 0. The molecule has 0 aliphatic heterocycles. The minimum atomic E-state index is 0.0740. The van der Waals surface area contributed by atoms with Crippen LogP contribution < -0.4 is 0 Å². The molecule has 3 rings (SSSR count). The zero-order valence-corrected chi connectivity index (χ0v) is 12.7. The number of para-hydroxylation sites is 2. The van der Waals surface area contributed by atoms with Crippen molar-refractivity contribution in [1.29, 1.82) is 0 Å². The van der Waals surface area contributed by atoms with Gasteiger partial charge in [-0.15, -0.1) is 0 Å². The summed E-state index contributed by atoms with van der Waals surface area (Å²) in [7, 11) is 0. The number of aromatic amines is 1. The molecule has 0 aliphatic carbocycles. The molecule has 0 fully saturated rings. The Balaban J connectivity index is 1.81. The van der Waals surface area contributed by atoms with Crippen LogP contribution in [0.5, 0.6) is 0 Å². The van der Waals surface area contributed by atoms with Crippen molar-refractivity contribution in [3.8, 4) is 0 Å². The Bertz CT molecular complexity index is 844. The highest BCUT2D eigenvalue weighted by Gasteiger charge is 2.08. The van der Waals surface area contributed by atoms with Crippen molar-refractivity contribution in [2.45, 2.75) is 5.03 Å². The number of aromatic nitrogens is 2. The molecule has 0 amide bonds. The summed E-state index contributed by atoms with van der Waals surface area (Å²) in [6, 6.07) is 17.0. The van der Waals surface area contributed by atoms with Crippen LogP contribution in [0.4, 0.5) is 0 Å². The minimum Gasteiger partial charge on any atom is -0.343 e. The maximum Gasteiger partial charge on any atom is 0.173 e. The van der Waals surface area contributed by atoms with E-state index in [1.54, 1.807) is 0 Å². The average Bonchev–Trinajstić information content (AvgIpc) is 2.53. The normalized spacial score (nSPS) is 10.7. The third-order valence-electron chi connectivity index (χ3n) is 3.00. The lowest BCUT2D eigenvalue weighted by Gasteiger charge is -2.03. The molecule has 0 unspecified atom stereocenters. The second kappa shape index (κ2) is 6.20. The van der Waals surface area contributed by atoms with Crippen LogP contribution in [0.15, 0.2) is 59.6 Å². The van der Waals surface area contributed by atoms with Crippen LogP contribution in [-0.2, 0) is 0 Å². The quantitative estimate of drug-likeness (QED) is 0.444. The monoisotopic (exact) mass is 312 g/mol. The van der Waals surface area contributed by atoms with E-state index < -0.39 is 0 Å². The van der Waals surface area contributed by atoms with Crippen molar-refractivity contribution in [1.82, 2.24) is 9.97 Å². The Hall–Kier alpha value is -1.98. The van der Waals surface area contributed by atoms with Gasteiger partial charge in [0.15, 0.2) is 5.78 Å². The van der Waals surface area contributed by atoms with Crippen LogP contribution >= 0.6 is 24.0 Å². The van der Waals surface area contributed by atoms with Crippen molar-refractivity contribution in [3.63, 3.8) is 0 Å². The molecule has 5 heteroatoms. The smallest absolute Gasteiger partial charge is 0.173 e. The molecule has 1 aromatic heterocycles. The number of benzene rings is 2. The number of Topliss-reactive ketones (excluding diaryl/α,β-unsaturated/α-hetero) is 1. The van der Waals surface area contributed by atoms with E-state index >= 15 is 0 Å². The second-order valence-corrected chi connectivity index (χ2v) is 5.84. The van der Waals surface area contributed by atoms with Crippen molar-refractivity contribution in [2.24, 2.45) is 0 Å². The van der Waals surface area contributed by atoms with Crippen LogP contribution in [0.2, 0.25) is 0 Å². The first-order chi connectivity index (χ1) is 10.2. The van der Waals surface area contributed by atoms with Gasteiger partial charge >= 0.3 is 0 Å². The van der Waals surface area contributed by atoms with Crippen LogP contribution in [0.3, 0.4) is 0 Å². The third-order valence-corrected chi connectivity index (χ3v) is 4.40. The molecule has 0 radical (unpaired) electrons. The molecule has 3 nitrogen and oxygen atoms in total. The fourth-order valence-electron chi connectivity index (χ4n) is 1.95. The first-order valence-corrected chi connectivity index (χ1v) is 7.83. The Morgan fingerprint density at radius 2 is 1.81 bits per heavy atom. The van der Waals surface area contributed by atoms with Crippen molar-refractivity contribution in [3.05, 3.63) is 64.8 Å². The van der Waals surface area contributed by atoms with Crippen LogP contribution in [0.1, 0.15) is 10.4 Å². The number of hydrogen-bond donors (Lipinski definition) is 1. The van der Waals surface area contributed by atoms with Gasteiger partial charge in [-0.05, 0) is 12.1 Å². The number of carbonyl (C=O) groups excluding carboxylic acids is 1. The summed E-state index contributed by atoms with van der Waals surface area (Å²) in [5.41, 5.74) is 2.46. The highest BCUT2D eigenvalue weighted by Crippen LogP contribution is 2.20. The summed E-state index contributed by atoms with van der Waals surface area (Å²) in [5.74, 6) is 0.400. The van der Waals surface area contributed by atoms with E-state index in [-0.39, 0.29) is 5.78 Å². The summed E-state index contributed by atoms with van der Waals surface area (Å²) in [5, 5.41) is 0.688. The Morgan fingerprint density at radius 3 is 2.62 bits per heavy atom. The summed E-state index contributed by atoms with van der Waals surface area (Å²) in [6.07, 6.45) is 0. The zero-order valence-electron chi connectivity index (χ0n) is 11.1. The summed E-state index contributed by atoms with van der Waals surface area (Å²) >= 11 is 6.67. The van der Waals surface area contributed by atoms with E-state index in [4.69, 9.17) is 12.2 Å². The Morgan fingerprint density at radius 1 is 1.10 bits per heavy atom. The fourth-order valence-corrected chi connectivity index (χ4v) is 3.06. The predicted molar refractivity (Wildman–Crippen MR) is 88.4 cm³/mol. The molecule has 21 heavy (non-hydrogen) atoms. The molecule has 1 heterocycles. The standard InChI is InChI=1S/C16H12N2OS2/c19-14(11-6-2-1-3-7-11)10-21-16-15(20)17-12-8-4-5-9-13(12)18-16/h1-9H,10H2,(H,17,20). The molecular weight excluding hydrogens is 300 g/mol. The Labute approximate surface area is 131 Å². The lowest BCUT2D eigenvalue weighted by Crippen LogP contribution is -2.02. The predicted octanol–water partition coefficient (Wildman–Crippen LogP) is 4.27. The van der Waals surface area contributed by atoms with E-state index in [0.29, 0.717) is 21.0 Å². The van der Waals surface area contributed by atoms with E-state index in [9.17, 15) is 4.79 Å². The van der Waals surface area contributed by atoms with E-state index in [2.05, 4.69) is 9.97 Å². The molecule has 0 saturated heterocycles. The molecule has 2 aromatic carbocycles. The SMILES string of the molecule is O=C(CSc1nc2ccccc2[nH]c1=S)c1ccccc1. The molecular formula is C16H12N2OS2. The second-order valence-electron chi connectivity index (χ2n) is 4.47. The number of hydrogen-bond acceptors (Lipinski definition) is 4. The van der Waals surface area contributed by atoms with Crippen molar-refractivity contribution >= 4 is 40.8 Å². The summed E-state index contributed by atoms with van der Waals surface area (Å²) < 4.78 is 0.569. The number of nitrogens with zero attached hydrogens (tertiary/aromatic N) is 1. The molecule has 1 N–H and O–H groups in total. The molecule has 104 valence electrons. The molecule has 0 atom stereocenters. The molecule has 0 saturated carbocycles. The lowest BCUT2D eigenvalue weighted by molar-refractivity contribution is 0.102. The van der Waals surface area contributed by atoms with Gasteiger partial charge in [0, 0.05) is 5.56 Å². The van der Waals surface area contributed by atoms with Gasteiger partial charge in [0.2, 0.25) is 0 Å². The van der Waals surface area contributed by atoms with E-state index in [1.165, 1.54) is 11.8 Å². The highest BCUT2D eigenvalue weighted by molar-refractivity contribution is 8.00. The van der Waals surface area contributed by atoms with Gasteiger partial charge in [-0.2, -0.15) is 0 Å². The lowest BCUT2D eigenvalue weighted by atomic mass is 10.2. The van der Waals surface area contributed by atoms with Gasteiger partial charge in [0.1, 0.15) is 9.67 Å². The molecule has 3 aromatic rings. The van der Waals surface area contributed by atoms with Gasteiger partial charge in [-0.25, -0.2) is 4.98 Å². The highest BCUT2D eigenvalue weighted by atomic mass is 32.2. The zero-order chi connectivity index (χ0) is 14.7. The van der Waals surface area contributed by atoms with Gasteiger partial charge in [0.05, 0.1) is 16.8 Å². The molecule has 0 bridgehead atoms. The minimum absolute atomic E-state index is 0.0740. The summed E-state index contributed by atoms with van der Waals surface area (Å²) in [4.78, 5) is 19.8. The van der Waals surface area contributed by atoms with Gasteiger partial charge < -0.3 is 4.98 Å². The number of H-pyrrole nitrogens is 1. The maximum atomic E-state index is 12.1. The average molecular weight is 312 g/mol. The number of ketones is 1.